The monoisotopic (exact) mass is 222 g/mol. The summed E-state index contributed by atoms with van der Waals surface area (Å²) < 4.78 is 0. The van der Waals surface area contributed by atoms with E-state index in [0.29, 0.717) is 0 Å². The minimum atomic E-state index is 0.751. The maximum absolute atomic E-state index is 3.76. The molecule has 0 aromatic rings. The SMILES string of the molecule is CC1CCCC1N1CC(C2CC2)NCC1C. The van der Waals surface area contributed by atoms with E-state index in [4.69, 9.17) is 0 Å². The van der Waals surface area contributed by atoms with E-state index >= 15 is 0 Å². The van der Waals surface area contributed by atoms with Gasteiger partial charge in [-0.1, -0.05) is 13.3 Å². The van der Waals surface area contributed by atoms with Crippen molar-refractivity contribution in [1.29, 1.82) is 0 Å². The molecule has 0 aromatic heterocycles. The van der Waals surface area contributed by atoms with Gasteiger partial charge < -0.3 is 5.32 Å². The highest BCUT2D eigenvalue weighted by Crippen LogP contribution is 2.37. The number of rotatable bonds is 2. The molecule has 4 unspecified atom stereocenters. The van der Waals surface area contributed by atoms with Gasteiger partial charge >= 0.3 is 0 Å². The van der Waals surface area contributed by atoms with E-state index in [2.05, 4.69) is 24.1 Å². The number of hydrogen-bond donors (Lipinski definition) is 1. The first-order chi connectivity index (χ1) is 7.75. The fraction of sp³-hybridized carbons (Fsp3) is 1.00. The van der Waals surface area contributed by atoms with Crippen molar-refractivity contribution in [1.82, 2.24) is 10.2 Å². The van der Waals surface area contributed by atoms with E-state index in [9.17, 15) is 0 Å². The molecule has 0 spiro atoms. The molecule has 92 valence electrons. The van der Waals surface area contributed by atoms with Gasteiger partial charge in [0.1, 0.15) is 0 Å². The van der Waals surface area contributed by atoms with Crippen LogP contribution in [-0.4, -0.2) is 36.1 Å². The Morgan fingerprint density at radius 1 is 1.06 bits per heavy atom. The Morgan fingerprint density at radius 3 is 2.50 bits per heavy atom. The van der Waals surface area contributed by atoms with Gasteiger partial charge in [0.2, 0.25) is 0 Å². The van der Waals surface area contributed by atoms with E-state index in [1.165, 1.54) is 45.2 Å². The molecule has 2 heteroatoms. The first-order valence-corrected chi connectivity index (χ1v) is 7.25. The average Bonchev–Trinajstić information content (AvgIpc) is 3.03. The van der Waals surface area contributed by atoms with Gasteiger partial charge in [-0.25, -0.2) is 0 Å². The molecule has 1 aliphatic heterocycles. The average molecular weight is 222 g/mol. The molecular formula is C14H26N2. The van der Waals surface area contributed by atoms with Crippen molar-refractivity contribution in [3.8, 4) is 0 Å². The van der Waals surface area contributed by atoms with Gasteiger partial charge in [-0.3, -0.25) is 4.90 Å². The first kappa shape index (κ1) is 11.0. The second-order valence-electron chi connectivity index (χ2n) is 6.37. The van der Waals surface area contributed by atoms with Crippen LogP contribution in [0.5, 0.6) is 0 Å². The van der Waals surface area contributed by atoms with Crippen LogP contribution < -0.4 is 5.32 Å². The Labute approximate surface area is 99.8 Å². The molecule has 16 heavy (non-hydrogen) atoms. The summed E-state index contributed by atoms with van der Waals surface area (Å²) in [5, 5.41) is 3.76. The summed E-state index contributed by atoms with van der Waals surface area (Å²) in [6.07, 6.45) is 7.30. The molecule has 0 bridgehead atoms. The molecule has 0 aromatic carbocycles. The van der Waals surface area contributed by atoms with E-state index in [0.717, 1.165) is 30.0 Å². The molecule has 3 aliphatic rings. The summed E-state index contributed by atoms with van der Waals surface area (Å²) in [5.74, 6) is 1.94. The third kappa shape index (κ3) is 2.02. The van der Waals surface area contributed by atoms with Crippen LogP contribution in [0.2, 0.25) is 0 Å². The number of nitrogens with one attached hydrogen (secondary N) is 1. The zero-order chi connectivity index (χ0) is 11.1. The molecule has 0 amide bonds. The lowest BCUT2D eigenvalue weighted by atomic mass is 9.98. The van der Waals surface area contributed by atoms with Gasteiger partial charge in [-0.2, -0.15) is 0 Å². The van der Waals surface area contributed by atoms with Gasteiger partial charge in [-0.15, -0.1) is 0 Å². The van der Waals surface area contributed by atoms with Crippen molar-refractivity contribution in [3.05, 3.63) is 0 Å². The lowest BCUT2D eigenvalue weighted by Gasteiger charge is -2.44. The summed E-state index contributed by atoms with van der Waals surface area (Å²) in [6, 6.07) is 2.45. The predicted molar refractivity (Wildman–Crippen MR) is 67.5 cm³/mol. The molecule has 4 atom stereocenters. The fourth-order valence-electron chi connectivity index (χ4n) is 3.81. The van der Waals surface area contributed by atoms with Crippen molar-refractivity contribution in [2.75, 3.05) is 13.1 Å². The van der Waals surface area contributed by atoms with Gasteiger partial charge in [0.25, 0.3) is 0 Å². The maximum atomic E-state index is 3.76. The lowest BCUT2D eigenvalue weighted by Crippen LogP contribution is -2.59. The largest absolute Gasteiger partial charge is 0.311 e. The lowest BCUT2D eigenvalue weighted by molar-refractivity contribution is 0.0691. The quantitative estimate of drug-likeness (QED) is 0.771. The molecule has 1 N–H and O–H groups in total. The standard InChI is InChI=1S/C14H26N2/c1-10-4-3-5-14(10)16-9-13(12-6-7-12)15-8-11(16)2/h10-15H,3-9H2,1-2H3. The maximum Gasteiger partial charge on any atom is 0.0224 e. The highest BCUT2D eigenvalue weighted by molar-refractivity contribution is 4.97. The summed E-state index contributed by atoms with van der Waals surface area (Å²) >= 11 is 0. The first-order valence-electron chi connectivity index (χ1n) is 7.25. The molecule has 2 aliphatic carbocycles. The Morgan fingerprint density at radius 2 is 1.88 bits per heavy atom. The minimum absolute atomic E-state index is 0.751. The normalized spacial score (nSPS) is 46.1. The highest BCUT2D eigenvalue weighted by Gasteiger charge is 2.40. The van der Waals surface area contributed by atoms with Crippen molar-refractivity contribution >= 4 is 0 Å². The summed E-state index contributed by atoms with van der Waals surface area (Å²) in [6.45, 7) is 7.39. The van der Waals surface area contributed by atoms with Gasteiger partial charge in [0.05, 0.1) is 0 Å². The summed E-state index contributed by atoms with van der Waals surface area (Å²) in [7, 11) is 0. The van der Waals surface area contributed by atoms with Crippen LogP contribution in [0.25, 0.3) is 0 Å². The Balaban J connectivity index is 1.66. The smallest absolute Gasteiger partial charge is 0.0224 e. The summed E-state index contributed by atoms with van der Waals surface area (Å²) in [4.78, 5) is 2.83. The third-order valence-corrected chi connectivity index (χ3v) is 5.08. The molecule has 2 nitrogen and oxygen atoms in total. The van der Waals surface area contributed by atoms with E-state index < -0.39 is 0 Å². The molecule has 3 rings (SSSR count). The molecular weight excluding hydrogens is 196 g/mol. The Hall–Kier alpha value is -0.0800. The highest BCUT2D eigenvalue weighted by atomic mass is 15.3. The van der Waals surface area contributed by atoms with Gasteiger partial charge in [0.15, 0.2) is 0 Å². The van der Waals surface area contributed by atoms with Crippen LogP contribution in [0, 0.1) is 11.8 Å². The van der Waals surface area contributed by atoms with Crippen LogP contribution in [0.1, 0.15) is 46.0 Å². The minimum Gasteiger partial charge on any atom is -0.311 e. The van der Waals surface area contributed by atoms with Crippen LogP contribution in [-0.2, 0) is 0 Å². The number of hydrogen-bond acceptors (Lipinski definition) is 2. The molecule has 2 saturated carbocycles. The molecule has 1 heterocycles. The number of piperazine rings is 1. The van der Waals surface area contributed by atoms with Crippen LogP contribution in [0.4, 0.5) is 0 Å². The van der Waals surface area contributed by atoms with Crippen molar-refractivity contribution in [2.24, 2.45) is 11.8 Å². The van der Waals surface area contributed by atoms with E-state index in [1.807, 2.05) is 0 Å². The van der Waals surface area contributed by atoms with Crippen molar-refractivity contribution in [2.45, 2.75) is 64.1 Å². The molecule has 0 radical (unpaired) electrons. The van der Waals surface area contributed by atoms with Gasteiger partial charge in [0, 0.05) is 31.2 Å². The van der Waals surface area contributed by atoms with Crippen molar-refractivity contribution < 1.29 is 0 Å². The Bertz CT molecular complexity index is 249. The summed E-state index contributed by atoms with van der Waals surface area (Å²) in [5.41, 5.74) is 0. The zero-order valence-electron chi connectivity index (χ0n) is 10.8. The van der Waals surface area contributed by atoms with Crippen LogP contribution >= 0.6 is 0 Å². The van der Waals surface area contributed by atoms with Crippen LogP contribution in [0.3, 0.4) is 0 Å². The fourth-order valence-corrected chi connectivity index (χ4v) is 3.81. The van der Waals surface area contributed by atoms with Crippen molar-refractivity contribution in [3.63, 3.8) is 0 Å². The molecule has 1 saturated heterocycles. The predicted octanol–water partition coefficient (Wildman–Crippen LogP) is 2.25. The second-order valence-corrected chi connectivity index (χ2v) is 6.37. The number of nitrogens with zero attached hydrogens (tertiary/aromatic N) is 1. The van der Waals surface area contributed by atoms with Crippen LogP contribution in [0.15, 0.2) is 0 Å². The topological polar surface area (TPSA) is 15.3 Å². The second kappa shape index (κ2) is 4.30. The third-order valence-electron chi connectivity index (χ3n) is 5.08. The van der Waals surface area contributed by atoms with E-state index in [1.54, 1.807) is 0 Å². The van der Waals surface area contributed by atoms with E-state index in [-0.39, 0.29) is 0 Å². The molecule has 3 fully saturated rings. The zero-order valence-corrected chi connectivity index (χ0v) is 10.8. The Kier molecular flexibility index (Phi) is 2.97. The van der Waals surface area contributed by atoms with Gasteiger partial charge in [-0.05, 0) is 44.4 Å².